The van der Waals surface area contributed by atoms with E-state index in [9.17, 15) is 4.79 Å². The predicted octanol–water partition coefficient (Wildman–Crippen LogP) is 4.58. The zero-order chi connectivity index (χ0) is 19.3. The van der Waals surface area contributed by atoms with E-state index in [1.165, 1.54) is 0 Å². The number of pyridine rings is 1. The van der Waals surface area contributed by atoms with Crippen LogP contribution in [0.2, 0.25) is 0 Å². The van der Waals surface area contributed by atoms with Crippen molar-refractivity contribution in [1.29, 1.82) is 0 Å². The summed E-state index contributed by atoms with van der Waals surface area (Å²) in [6, 6.07) is 19.2. The SMILES string of the molecule is COc1ccc2[nH]c(C(=O)Cc3cccnc3)cc2c1OCc1ccccc1. The van der Waals surface area contributed by atoms with Gasteiger partial charge in [0.25, 0.3) is 0 Å². The molecule has 2 aromatic carbocycles. The Morgan fingerprint density at radius 2 is 1.86 bits per heavy atom. The zero-order valence-electron chi connectivity index (χ0n) is 15.5. The van der Waals surface area contributed by atoms with E-state index >= 15 is 0 Å². The number of benzene rings is 2. The minimum Gasteiger partial charge on any atom is -0.493 e. The molecule has 0 unspecified atom stereocenters. The van der Waals surface area contributed by atoms with E-state index in [-0.39, 0.29) is 12.2 Å². The summed E-state index contributed by atoms with van der Waals surface area (Å²) >= 11 is 0. The monoisotopic (exact) mass is 372 g/mol. The number of rotatable bonds is 7. The number of ketones is 1. The van der Waals surface area contributed by atoms with Crippen LogP contribution < -0.4 is 9.47 Å². The van der Waals surface area contributed by atoms with E-state index < -0.39 is 0 Å². The quantitative estimate of drug-likeness (QED) is 0.483. The second-order valence-electron chi connectivity index (χ2n) is 6.48. The second kappa shape index (κ2) is 7.96. The van der Waals surface area contributed by atoms with Crippen LogP contribution in [-0.2, 0) is 13.0 Å². The van der Waals surface area contributed by atoms with E-state index in [1.807, 2.05) is 60.7 Å². The molecule has 2 aromatic heterocycles. The van der Waals surface area contributed by atoms with Crippen molar-refractivity contribution in [1.82, 2.24) is 9.97 Å². The molecule has 5 nitrogen and oxygen atoms in total. The molecule has 4 rings (SSSR count). The summed E-state index contributed by atoms with van der Waals surface area (Å²) in [4.78, 5) is 20.0. The lowest BCUT2D eigenvalue weighted by molar-refractivity contribution is 0.0989. The number of hydrogen-bond acceptors (Lipinski definition) is 4. The third-order valence-electron chi connectivity index (χ3n) is 4.55. The van der Waals surface area contributed by atoms with Crippen LogP contribution in [-0.4, -0.2) is 22.9 Å². The number of nitrogens with zero attached hydrogens (tertiary/aromatic N) is 1. The van der Waals surface area contributed by atoms with Gasteiger partial charge >= 0.3 is 0 Å². The fourth-order valence-corrected chi connectivity index (χ4v) is 3.13. The number of carbonyl (C=O) groups is 1. The van der Waals surface area contributed by atoms with Gasteiger partial charge in [0.05, 0.1) is 12.8 Å². The highest BCUT2D eigenvalue weighted by atomic mass is 16.5. The molecule has 0 radical (unpaired) electrons. The molecule has 0 atom stereocenters. The van der Waals surface area contributed by atoms with Crippen LogP contribution in [0.15, 0.2) is 73.1 Å². The van der Waals surface area contributed by atoms with Gasteiger partial charge in [0, 0.05) is 29.7 Å². The Labute approximate surface area is 163 Å². The first-order valence-corrected chi connectivity index (χ1v) is 9.03. The molecule has 0 aliphatic carbocycles. The van der Waals surface area contributed by atoms with Gasteiger partial charge in [-0.05, 0) is 35.4 Å². The first-order chi connectivity index (χ1) is 13.7. The number of aromatic amines is 1. The van der Waals surface area contributed by atoms with Crippen LogP contribution in [0, 0.1) is 0 Å². The third-order valence-corrected chi connectivity index (χ3v) is 4.55. The fraction of sp³-hybridized carbons (Fsp3) is 0.130. The van der Waals surface area contributed by atoms with E-state index in [2.05, 4.69) is 9.97 Å². The van der Waals surface area contributed by atoms with Crippen molar-refractivity contribution < 1.29 is 14.3 Å². The number of Topliss-reactive ketones (excluding diaryl/α,β-unsaturated/α-hetero) is 1. The van der Waals surface area contributed by atoms with Crippen molar-refractivity contribution in [3.63, 3.8) is 0 Å². The Morgan fingerprint density at radius 1 is 1.04 bits per heavy atom. The molecule has 0 aliphatic heterocycles. The summed E-state index contributed by atoms with van der Waals surface area (Å²) in [5.41, 5.74) is 3.31. The lowest BCUT2D eigenvalue weighted by Gasteiger charge is -2.12. The molecule has 0 fully saturated rings. The Bertz CT molecular complexity index is 1090. The van der Waals surface area contributed by atoms with E-state index in [1.54, 1.807) is 19.5 Å². The van der Waals surface area contributed by atoms with Gasteiger partial charge in [0.1, 0.15) is 6.61 Å². The minimum atomic E-state index is -0.00261. The van der Waals surface area contributed by atoms with Crippen LogP contribution in [0.5, 0.6) is 11.5 Å². The molecule has 2 heterocycles. The summed E-state index contributed by atoms with van der Waals surface area (Å²) in [5.74, 6) is 1.26. The van der Waals surface area contributed by atoms with Crippen LogP contribution in [0.25, 0.3) is 10.9 Å². The number of nitrogens with one attached hydrogen (secondary N) is 1. The first-order valence-electron chi connectivity index (χ1n) is 9.03. The molecule has 4 aromatic rings. The third kappa shape index (κ3) is 3.74. The predicted molar refractivity (Wildman–Crippen MR) is 108 cm³/mol. The molecule has 0 aliphatic rings. The highest BCUT2D eigenvalue weighted by Gasteiger charge is 2.16. The Balaban J connectivity index is 1.63. The molecule has 28 heavy (non-hydrogen) atoms. The highest BCUT2D eigenvalue weighted by molar-refractivity contribution is 6.02. The molecule has 0 amide bonds. The standard InChI is InChI=1S/C23H20N2O3/c1-27-22-10-9-19-18(23(22)28-15-16-6-3-2-4-7-16)13-20(25-19)21(26)12-17-8-5-11-24-14-17/h2-11,13-14,25H,12,15H2,1H3. The molecule has 0 spiro atoms. The maximum Gasteiger partial charge on any atom is 0.183 e. The average Bonchev–Trinajstić information content (AvgIpc) is 3.18. The summed E-state index contributed by atoms with van der Waals surface area (Å²) in [7, 11) is 1.61. The molecule has 0 saturated carbocycles. The van der Waals surface area contributed by atoms with Crippen LogP contribution >= 0.6 is 0 Å². The van der Waals surface area contributed by atoms with Gasteiger partial charge in [-0.25, -0.2) is 0 Å². The summed E-state index contributed by atoms with van der Waals surface area (Å²) < 4.78 is 11.5. The first kappa shape index (κ1) is 17.8. The molecular weight excluding hydrogens is 352 g/mol. The maximum absolute atomic E-state index is 12.7. The Hall–Kier alpha value is -3.60. The van der Waals surface area contributed by atoms with Crippen molar-refractivity contribution in [3.05, 3.63) is 89.9 Å². The molecule has 140 valence electrons. The molecule has 0 saturated heterocycles. The van der Waals surface area contributed by atoms with Gasteiger partial charge in [-0.2, -0.15) is 0 Å². The molecule has 1 N–H and O–H groups in total. The zero-order valence-corrected chi connectivity index (χ0v) is 15.5. The largest absolute Gasteiger partial charge is 0.493 e. The van der Waals surface area contributed by atoms with Gasteiger partial charge in [-0.1, -0.05) is 36.4 Å². The van der Waals surface area contributed by atoms with Crippen LogP contribution in [0.3, 0.4) is 0 Å². The normalized spacial score (nSPS) is 10.8. The highest BCUT2D eigenvalue weighted by Crippen LogP contribution is 2.36. The van der Waals surface area contributed by atoms with Crippen LogP contribution in [0.1, 0.15) is 21.6 Å². The van der Waals surface area contributed by atoms with Gasteiger partial charge in [-0.3, -0.25) is 9.78 Å². The Kier molecular flexibility index (Phi) is 5.06. The number of carbonyl (C=O) groups excluding carboxylic acids is 1. The van der Waals surface area contributed by atoms with Crippen molar-refractivity contribution in [3.8, 4) is 11.5 Å². The number of H-pyrrole nitrogens is 1. The number of aromatic nitrogens is 2. The molecular formula is C23H20N2O3. The maximum atomic E-state index is 12.7. The Morgan fingerprint density at radius 3 is 2.61 bits per heavy atom. The number of hydrogen-bond donors (Lipinski definition) is 1. The van der Waals surface area contributed by atoms with E-state index in [4.69, 9.17) is 9.47 Å². The van der Waals surface area contributed by atoms with Gasteiger partial charge in [-0.15, -0.1) is 0 Å². The summed E-state index contributed by atoms with van der Waals surface area (Å²) in [6.07, 6.45) is 3.69. The fourth-order valence-electron chi connectivity index (χ4n) is 3.13. The topological polar surface area (TPSA) is 64.2 Å². The molecule has 5 heteroatoms. The molecule has 0 bridgehead atoms. The van der Waals surface area contributed by atoms with Gasteiger partial charge < -0.3 is 14.5 Å². The lowest BCUT2D eigenvalue weighted by Crippen LogP contribution is -2.03. The number of methoxy groups -OCH3 is 1. The van der Waals surface area contributed by atoms with E-state index in [0.29, 0.717) is 23.8 Å². The van der Waals surface area contributed by atoms with Gasteiger partial charge in [0.15, 0.2) is 17.3 Å². The lowest BCUT2D eigenvalue weighted by atomic mass is 10.1. The van der Waals surface area contributed by atoms with Crippen molar-refractivity contribution in [2.45, 2.75) is 13.0 Å². The smallest absolute Gasteiger partial charge is 0.183 e. The number of fused-ring (bicyclic) bond motifs is 1. The van der Waals surface area contributed by atoms with E-state index in [0.717, 1.165) is 22.0 Å². The average molecular weight is 372 g/mol. The van der Waals surface area contributed by atoms with Crippen molar-refractivity contribution >= 4 is 16.7 Å². The van der Waals surface area contributed by atoms with Crippen molar-refractivity contribution in [2.75, 3.05) is 7.11 Å². The summed E-state index contributed by atoms with van der Waals surface area (Å²) in [5, 5.41) is 0.824. The number of ether oxygens (including phenoxy) is 2. The van der Waals surface area contributed by atoms with Gasteiger partial charge in [0.2, 0.25) is 0 Å². The van der Waals surface area contributed by atoms with Crippen LogP contribution in [0.4, 0.5) is 0 Å². The summed E-state index contributed by atoms with van der Waals surface area (Å²) in [6.45, 7) is 0.417. The van der Waals surface area contributed by atoms with Crippen molar-refractivity contribution in [2.24, 2.45) is 0 Å². The minimum absolute atomic E-state index is 0.00261. The second-order valence-corrected chi connectivity index (χ2v) is 6.48.